The van der Waals surface area contributed by atoms with Crippen LogP contribution in [0.1, 0.15) is 47.5 Å². The van der Waals surface area contributed by atoms with Crippen LogP contribution in [-0.2, 0) is 4.79 Å². The van der Waals surface area contributed by atoms with Crippen molar-refractivity contribution in [2.45, 2.75) is 52.7 Å². The molecule has 0 bridgehead atoms. The lowest BCUT2D eigenvalue weighted by atomic mass is 10.1. The number of aromatic nitrogens is 2. The summed E-state index contributed by atoms with van der Waals surface area (Å²) in [6.07, 6.45) is 2.01. The third-order valence-electron chi connectivity index (χ3n) is 4.45. The van der Waals surface area contributed by atoms with Crippen molar-refractivity contribution in [1.29, 1.82) is 0 Å². The molecule has 0 saturated carbocycles. The van der Waals surface area contributed by atoms with Crippen molar-refractivity contribution in [2.24, 2.45) is 11.8 Å². The van der Waals surface area contributed by atoms with E-state index in [-0.39, 0.29) is 5.91 Å². The summed E-state index contributed by atoms with van der Waals surface area (Å²) in [5.41, 5.74) is 0.760. The van der Waals surface area contributed by atoms with E-state index >= 15 is 0 Å². The van der Waals surface area contributed by atoms with Crippen LogP contribution < -0.4 is 4.74 Å². The minimum atomic E-state index is 0.116. The molecule has 29 heavy (non-hydrogen) atoms. The fraction of sp³-hybridized carbons (Fsp3) is 0.591. The number of para-hydroxylation sites is 1. The van der Waals surface area contributed by atoms with Gasteiger partial charge in [0.2, 0.25) is 5.91 Å². The van der Waals surface area contributed by atoms with E-state index in [2.05, 4.69) is 37.9 Å². The Morgan fingerprint density at radius 1 is 1.10 bits per heavy atom. The Labute approximate surface area is 178 Å². The van der Waals surface area contributed by atoms with Crippen molar-refractivity contribution in [3.05, 3.63) is 24.3 Å². The van der Waals surface area contributed by atoms with Crippen molar-refractivity contribution in [3.8, 4) is 17.2 Å². The van der Waals surface area contributed by atoms with Gasteiger partial charge in [-0.2, -0.15) is 0 Å². The van der Waals surface area contributed by atoms with Gasteiger partial charge in [-0.3, -0.25) is 4.79 Å². The van der Waals surface area contributed by atoms with Crippen molar-refractivity contribution < 1.29 is 13.9 Å². The van der Waals surface area contributed by atoms with E-state index in [1.54, 1.807) is 0 Å². The molecule has 0 atom stereocenters. The van der Waals surface area contributed by atoms with Crippen LogP contribution in [0.3, 0.4) is 0 Å². The van der Waals surface area contributed by atoms with Crippen LogP contribution in [0, 0.1) is 11.8 Å². The topological polar surface area (TPSA) is 68.5 Å². The Balaban J connectivity index is 1.98. The van der Waals surface area contributed by atoms with Crippen molar-refractivity contribution in [1.82, 2.24) is 15.1 Å². The molecule has 0 aliphatic carbocycles. The lowest BCUT2D eigenvalue weighted by Crippen LogP contribution is -2.35. The van der Waals surface area contributed by atoms with Gasteiger partial charge in [-0.15, -0.1) is 10.2 Å². The SMILES string of the molecule is CCOc1ccccc1-c1nnc(SCC(=O)N(CCC(C)C)CCC(C)C)o1. The molecule has 0 unspecified atom stereocenters. The zero-order valence-corrected chi connectivity index (χ0v) is 19.0. The first kappa shape index (κ1) is 23.3. The fourth-order valence-corrected chi connectivity index (χ4v) is 3.37. The summed E-state index contributed by atoms with van der Waals surface area (Å²) in [7, 11) is 0. The highest BCUT2D eigenvalue weighted by Gasteiger charge is 2.18. The molecule has 0 aliphatic heterocycles. The number of hydrogen-bond acceptors (Lipinski definition) is 6. The Morgan fingerprint density at radius 3 is 2.38 bits per heavy atom. The number of hydrogen-bond donors (Lipinski definition) is 0. The minimum absolute atomic E-state index is 0.116. The third-order valence-corrected chi connectivity index (χ3v) is 5.25. The monoisotopic (exact) mass is 419 g/mol. The summed E-state index contributed by atoms with van der Waals surface area (Å²) in [5, 5.41) is 8.62. The Kier molecular flexibility index (Phi) is 9.51. The first-order valence-corrected chi connectivity index (χ1v) is 11.4. The second-order valence-corrected chi connectivity index (χ2v) is 8.76. The standard InChI is InChI=1S/C22H33N3O3S/c1-6-27-19-10-8-7-9-18(19)21-23-24-22(28-21)29-15-20(26)25(13-11-16(2)3)14-12-17(4)5/h7-10,16-17H,6,11-15H2,1-5H3. The predicted octanol–water partition coefficient (Wildman–Crippen LogP) is 5.15. The highest BCUT2D eigenvalue weighted by Crippen LogP contribution is 2.30. The van der Waals surface area contributed by atoms with Gasteiger partial charge < -0.3 is 14.1 Å². The Morgan fingerprint density at radius 2 is 1.76 bits per heavy atom. The number of amides is 1. The van der Waals surface area contributed by atoms with Crippen molar-refractivity contribution in [2.75, 3.05) is 25.4 Å². The summed E-state index contributed by atoms with van der Waals surface area (Å²) in [4.78, 5) is 14.7. The fourth-order valence-electron chi connectivity index (χ4n) is 2.71. The molecule has 2 rings (SSSR count). The van der Waals surface area contributed by atoms with Gasteiger partial charge in [0.25, 0.3) is 11.1 Å². The molecule has 1 amide bonds. The maximum atomic E-state index is 12.8. The molecule has 2 aromatic rings. The number of carbonyl (C=O) groups is 1. The second-order valence-electron chi connectivity index (χ2n) is 7.84. The van der Waals surface area contributed by atoms with Gasteiger partial charge in [0.1, 0.15) is 5.75 Å². The number of ether oxygens (including phenoxy) is 1. The van der Waals surface area contributed by atoms with Crippen LogP contribution in [0.15, 0.2) is 33.9 Å². The van der Waals surface area contributed by atoms with E-state index in [9.17, 15) is 4.79 Å². The Hall–Kier alpha value is -2.02. The summed E-state index contributed by atoms with van der Waals surface area (Å²) in [6.45, 7) is 12.8. The van der Waals surface area contributed by atoms with E-state index in [4.69, 9.17) is 9.15 Å². The summed E-state index contributed by atoms with van der Waals surface area (Å²) in [5.74, 6) is 2.66. The van der Waals surface area contributed by atoms with Crippen molar-refractivity contribution >= 4 is 17.7 Å². The molecule has 1 heterocycles. The number of nitrogens with zero attached hydrogens (tertiary/aromatic N) is 3. The molecule has 7 heteroatoms. The van der Waals surface area contributed by atoms with Crippen LogP contribution in [0.4, 0.5) is 0 Å². The van der Waals surface area contributed by atoms with Gasteiger partial charge >= 0.3 is 0 Å². The average Bonchev–Trinajstić information content (AvgIpc) is 3.15. The molecular formula is C22H33N3O3S. The maximum absolute atomic E-state index is 12.8. The van der Waals surface area contributed by atoms with Gasteiger partial charge in [0, 0.05) is 13.1 Å². The van der Waals surface area contributed by atoms with E-state index < -0.39 is 0 Å². The van der Waals surface area contributed by atoms with Crippen molar-refractivity contribution in [3.63, 3.8) is 0 Å². The third kappa shape index (κ3) is 7.72. The quantitative estimate of drug-likeness (QED) is 0.443. The van der Waals surface area contributed by atoms with E-state index in [0.717, 1.165) is 31.5 Å². The number of benzene rings is 1. The van der Waals surface area contributed by atoms with Gasteiger partial charge in [0.05, 0.1) is 17.9 Å². The summed E-state index contributed by atoms with van der Waals surface area (Å²) >= 11 is 1.29. The van der Waals surface area contributed by atoms with E-state index in [0.29, 0.717) is 41.1 Å². The number of carbonyl (C=O) groups excluding carboxylic acids is 1. The summed E-state index contributed by atoms with van der Waals surface area (Å²) < 4.78 is 11.4. The van der Waals surface area contributed by atoms with E-state index in [1.165, 1.54) is 11.8 Å². The molecule has 0 aliphatic rings. The molecule has 0 N–H and O–H groups in total. The molecule has 0 radical (unpaired) electrons. The normalized spacial score (nSPS) is 11.3. The molecule has 6 nitrogen and oxygen atoms in total. The number of thioether (sulfide) groups is 1. The maximum Gasteiger partial charge on any atom is 0.277 e. The van der Waals surface area contributed by atoms with Gasteiger partial charge in [-0.25, -0.2) is 0 Å². The van der Waals surface area contributed by atoms with Gasteiger partial charge in [-0.1, -0.05) is 51.6 Å². The Bertz CT molecular complexity index is 749. The van der Waals surface area contributed by atoms with E-state index in [1.807, 2.05) is 36.1 Å². The van der Waals surface area contributed by atoms with Crippen LogP contribution >= 0.6 is 11.8 Å². The lowest BCUT2D eigenvalue weighted by molar-refractivity contribution is -0.128. The molecule has 160 valence electrons. The lowest BCUT2D eigenvalue weighted by Gasteiger charge is -2.24. The van der Waals surface area contributed by atoms with Crippen LogP contribution in [0.2, 0.25) is 0 Å². The zero-order valence-electron chi connectivity index (χ0n) is 18.2. The molecule has 1 aromatic heterocycles. The molecule has 0 saturated heterocycles. The zero-order chi connectivity index (χ0) is 21.2. The smallest absolute Gasteiger partial charge is 0.277 e. The number of rotatable bonds is 12. The average molecular weight is 420 g/mol. The second kappa shape index (κ2) is 11.9. The van der Waals surface area contributed by atoms with Crippen LogP contribution in [0.5, 0.6) is 5.75 Å². The van der Waals surface area contributed by atoms with Crippen LogP contribution in [-0.4, -0.2) is 46.5 Å². The minimum Gasteiger partial charge on any atom is -0.493 e. The van der Waals surface area contributed by atoms with Gasteiger partial charge in [0.15, 0.2) is 0 Å². The predicted molar refractivity (Wildman–Crippen MR) is 117 cm³/mol. The van der Waals surface area contributed by atoms with Crippen LogP contribution in [0.25, 0.3) is 11.5 Å². The van der Waals surface area contributed by atoms with Gasteiger partial charge in [-0.05, 0) is 43.7 Å². The first-order chi connectivity index (χ1) is 13.9. The summed E-state index contributed by atoms with van der Waals surface area (Å²) in [6, 6.07) is 7.57. The molecular weight excluding hydrogens is 386 g/mol. The highest BCUT2D eigenvalue weighted by molar-refractivity contribution is 7.99. The molecule has 0 spiro atoms. The highest BCUT2D eigenvalue weighted by atomic mass is 32.2. The largest absolute Gasteiger partial charge is 0.493 e. The molecule has 0 fully saturated rings. The first-order valence-electron chi connectivity index (χ1n) is 10.4. The molecule has 1 aromatic carbocycles.